The number of hydrogen-bond acceptors (Lipinski definition) is 1. The van der Waals surface area contributed by atoms with Gasteiger partial charge in [0.2, 0.25) is 0 Å². The van der Waals surface area contributed by atoms with Gasteiger partial charge >= 0.3 is 0 Å². The Morgan fingerprint density at radius 2 is 2.00 bits per heavy atom. The van der Waals surface area contributed by atoms with Crippen molar-refractivity contribution in [1.29, 1.82) is 0 Å². The standard InChI is InChI=1S/C12H16FN/c1-3-14-9-10(2)8-11-4-6-12(13)7-5-11/h4-8,14H,3,9H2,1-2H3. The summed E-state index contributed by atoms with van der Waals surface area (Å²) in [6, 6.07) is 6.52. The molecular formula is C12H16FN. The molecule has 0 aliphatic rings. The molecule has 0 radical (unpaired) electrons. The molecule has 1 aromatic carbocycles. The first kappa shape index (κ1) is 10.9. The van der Waals surface area contributed by atoms with Crippen molar-refractivity contribution in [1.82, 2.24) is 5.32 Å². The highest BCUT2D eigenvalue weighted by Gasteiger charge is 1.92. The molecule has 0 saturated carbocycles. The van der Waals surface area contributed by atoms with E-state index < -0.39 is 0 Å². The maximum absolute atomic E-state index is 12.6. The highest BCUT2D eigenvalue weighted by molar-refractivity contribution is 5.52. The van der Waals surface area contributed by atoms with Crippen LogP contribution in [0.15, 0.2) is 29.8 Å². The zero-order chi connectivity index (χ0) is 10.4. The molecule has 14 heavy (non-hydrogen) atoms. The summed E-state index contributed by atoms with van der Waals surface area (Å²) >= 11 is 0. The molecule has 0 aliphatic carbocycles. The third-order valence-corrected chi connectivity index (χ3v) is 1.94. The Balaban J connectivity index is 2.61. The largest absolute Gasteiger partial charge is 0.313 e. The highest BCUT2D eigenvalue weighted by atomic mass is 19.1. The first-order valence-corrected chi connectivity index (χ1v) is 4.86. The van der Waals surface area contributed by atoms with E-state index in [2.05, 4.69) is 25.2 Å². The Morgan fingerprint density at radius 3 is 2.57 bits per heavy atom. The van der Waals surface area contributed by atoms with Crippen molar-refractivity contribution in [3.05, 3.63) is 41.2 Å². The van der Waals surface area contributed by atoms with Crippen molar-refractivity contribution in [3.63, 3.8) is 0 Å². The first-order chi connectivity index (χ1) is 6.72. The maximum Gasteiger partial charge on any atom is 0.123 e. The Hall–Kier alpha value is -1.15. The second-order valence-corrected chi connectivity index (χ2v) is 3.32. The lowest BCUT2D eigenvalue weighted by Gasteiger charge is -2.01. The molecule has 0 bridgehead atoms. The van der Waals surface area contributed by atoms with Crippen molar-refractivity contribution in [2.45, 2.75) is 13.8 Å². The summed E-state index contributed by atoms with van der Waals surface area (Å²) in [5.41, 5.74) is 2.29. The zero-order valence-corrected chi connectivity index (χ0v) is 8.68. The molecule has 0 saturated heterocycles. The van der Waals surface area contributed by atoms with Gasteiger partial charge in [-0.15, -0.1) is 0 Å². The molecule has 1 aromatic rings. The number of halogens is 1. The summed E-state index contributed by atoms with van der Waals surface area (Å²) < 4.78 is 12.6. The minimum Gasteiger partial charge on any atom is -0.313 e. The van der Waals surface area contributed by atoms with Crippen LogP contribution in [0.4, 0.5) is 4.39 Å². The molecule has 0 amide bonds. The minimum atomic E-state index is -0.188. The number of benzene rings is 1. The molecule has 1 N–H and O–H groups in total. The van der Waals surface area contributed by atoms with E-state index in [9.17, 15) is 4.39 Å². The minimum absolute atomic E-state index is 0.188. The Morgan fingerprint density at radius 1 is 1.36 bits per heavy atom. The number of nitrogens with one attached hydrogen (secondary N) is 1. The van der Waals surface area contributed by atoms with E-state index in [1.54, 1.807) is 12.1 Å². The van der Waals surface area contributed by atoms with Gasteiger partial charge < -0.3 is 5.32 Å². The number of hydrogen-bond donors (Lipinski definition) is 1. The predicted molar refractivity (Wildman–Crippen MR) is 58.6 cm³/mol. The number of rotatable bonds is 4. The average Bonchev–Trinajstić information content (AvgIpc) is 2.18. The molecule has 0 spiro atoms. The van der Waals surface area contributed by atoms with Crippen LogP contribution >= 0.6 is 0 Å². The molecule has 2 heteroatoms. The second-order valence-electron chi connectivity index (χ2n) is 3.32. The molecule has 0 heterocycles. The number of likely N-dealkylation sites (N-methyl/N-ethyl adjacent to an activating group) is 1. The fraction of sp³-hybridized carbons (Fsp3) is 0.333. The van der Waals surface area contributed by atoms with Crippen LogP contribution < -0.4 is 5.32 Å². The van der Waals surface area contributed by atoms with Gasteiger partial charge in [0.15, 0.2) is 0 Å². The molecule has 0 aromatic heterocycles. The van der Waals surface area contributed by atoms with Crippen molar-refractivity contribution in [3.8, 4) is 0 Å². The predicted octanol–water partition coefficient (Wildman–Crippen LogP) is 2.84. The molecule has 0 unspecified atom stereocenters. The first-order valence-electron chi connectivity index (χ1n) is 4.86. The van der Waals surface area contributed by atoms with E-state index in [0.717, 1.165) is 18.7 Å². The topological polar surface area (TPSA) is 12.0 Å². The Bertz CT molecular complexity index is 301. The molecule has 0 fully saturated rings. The van der Waals surface area contributed by atoms with Crippen LogP contribution in [0.1, 0.15) is 19.4 Å². The summed E-state index contributed by atoms with van der Waals surface area (Å²) in [5, 5.41) is 3.24. The van der Waals surface area contributed by atoms with Crippen molar-refractivity contribution in [2.24, 2.45) is 0 Å². The second kappa shape index (κ2) is 5.55. The molecule has 76 valence electrons. The fourth-order valence-corrected chi connectivity index (χ4v) is 1.22. The van der Waals surface area contributed by atoms with Gasteiger partial charge in [0.05, 0.1) is 0 Å². The zero-order valence-electron chi connectivity index (χ0n) is 8.68. The highest BCUT2D eigenvalue weighted by Crippen LogP contribution is 2.07. The summed E-state index contributed by atoms with van der Waals surface area (Å²) in [6.45, 7) is 5.99. The van der Waals surface area contributed by atoms with Crippen LogP contribution in [-0.2, 0) is 0 Å². The summed E-state index contributed by atoms with van der Waals surface area (Å²) in [5.74, 6) is -0.188. The quantitative estimate of drug-likeness (QED) is 0.775. The lowest BCUT2D eigenvalue weighted by Crippen LogP contribution is -2.14. The van der Waals surface area contributed by atoms with Gasteiger partial charge in [-0.05, 0) is 31.2 Å². The lowest BCUT2D eigenvalue weighted by molar-refractivity contribution is 0.627. The van der Waals surface area contributed by atoms with Crippen LogP contribution in [-0.4, -0.2) is 13.1 Å². The van der Waals surface area contributed by atoms with E-state index >= 15 is 0 Å². The van der Waals surface area contributed by atoms with E-state index in [1.807, 2.05) is 0 Å². The van der Waals surface area contributed by atoms with E-state index in [0.29, 0.717) is 0 Å². The molecular weight excluding hydrogens is 177 g/mol. The average molecular weight is 193 g/mol. The molecule has 1 rings (SSSR count). The maximum atomic E-state index is 12.6. The van der Waals surface area contributed by atoms with Gasteiger partial charge in [-0.25, -0.2) is 4.39 Å². The van der Waals surface area contributed by atoms with Gasteiger partial charge in [0, 0.05) is 6.54 Å². The summed E-state index contributed by atoms with van der Waals surface area (Å²) in [6.07, 6.45) is 2.06. The molecule has 1 nitrogen and oxygen atoms in total. The SMILES string of the molecule is CCNCC(C)=Cc1ccc(F)cc1. The molecule has 0 atom stereocenters. The van der Waals surface area contributed by atoms with Crippen LogP contribution in [0.3, 0.4) is 0 Å². The normalized spacial score (nSPS) is 11.8. The lowest BCUT2D eigenvalue weighted by atomic mass is 10.1. The van der Waals surface area contributed by atoms with Crippen LogP contribution in [0, 0.1) is 5.82 Å². The third kappa shape index (κ3) is 3.71. The Labute approximate surface area is 84.6 Å². The molecule has 0 aliphatic heterocycles. The van der Waals surface area contributed by atoms with Crippen LogP contribution in [0.2, 0.25) is 0 Å². The smallest absolute Gasteiger partial charge is 0.123 e. The monoisotopic (exact) mass is 193 g/mol. The summed E-state index contributed by atoms with van der Waals surface area (Å²) in [4.78, 5) is 0. The Kier molecular flexibility index (Phi) is 4.33. The van der Waals surface area contributed by atoms with Crippen LogP contribution in [0.5, 0.6) is 0 Å². The van der Waals surface area contributed by atoms with E-state index in [-0.39, 0.29) is 5.82 Å². The fourth-order valence-electron chi connectivity index (χ4n) is 1.22. The van der Waals surface area contributed by atoms with E-state index in [1.165, 1.54) is 17.7 Å². The van der Waals surface area contributed by atoms with Crippen molar-refractivity contribution >= 4 is 6.08 Å². The van der Waals surface area contributed by atoms with E-state index in [4.69, 9.17) is 0 Å². The van der Waals surface area contributed by atoms with Gasteiger partial charge in [-0.2, -0.15) is 0 Å². The van der Waals surface area contributed by atoms with Crippen molar-refractivity contribution < 1.29 is 4.39 Å². The van der Waals surface area contributed by atoms with Crippen LogP contribution in [0.25, 0.3) is 6.08 Å². The van der Waals surface area contributed by atoms with Gasteiger partial charge in [0.1, 0.15) is 5.82 Å². The van der Waals surface area contributed by atoms with Gasteiger partial charge in [0.25, 0.3) is 0 Å². The summed E-state index contributed by atoms with van der Waals surface area (Å²) in [7, 11) is 0. The van der Waals surface area contributed by atoms with Gasteiger partial charge in [-0.1, -0.05) is 30.7 Å². The van der Waals surface area contributed by atoms with Gasteiger partial charge in [-0.3, -0.25) is 0 Å². The third-order valence-electron chi connectivity index (χ3n) is 1.94. The van der Waals surface area contributed by atoms with Crippen molar-refractivity contribution in [2.75, 3.05) is 13.1 Å².